The number of carbonyl (C=O) groups is 2. The second-order valence-electron chi connectivity index (χ2n) is 4.93. The lowest BCUT2D eigenvalue weighted by atomic mass is 9.92. The van der Waals surface area contributed by atoms with Gasteiger partial charge in [0.25, 0.3) is 0 Å². The molecule has 6 heteroatoms. The molecule has 0 heterocycles. The highest BCUT2D eigenvalue weighted by atomic mass is 35.5. The Hall–Kier alpha value is -1.59. The van der Waals surface area contributed by atoms with Crippen molar-refractivity contribution in [1.82, 2.24) is 5.32 Å². The van der Waals surface area contributed by atoms with E-state index in [2.05, 4.69) is 5.32 Å². The van der Waals surface area contributed by atoms with Crippen molar-refractivity contribution < 1.29 is 14.3 Å². The van der Waals surface area contributed by atoms with Crippen LogP contribution in [-0.2, 0) is 19.9 Å². The van der Waals surface area contributed by atoms with Crippen molar-refractivity contribution in [1.29, 1.82) is 0 Å². The summed E-state index contributed by atoms with van der Waals surface area (Å²) in [6.45, 7) is 5.63. The molecule has 21 heavy (non-hydrogen) atoms. The first-order valence-corrected chi connectivity index (χ1v) is 6.69. The number of hydrogen-bond donors (Lipinski definition) is 2. The zero-order valence-corrected chi connectivity index (χ0v) is 13.4. The smallest absolute Gasteiger partial charge is 0.310 e. The van der Waals surface area contributed by atoms with Crippen LogP contribution in [0.25, 0.3) is 0 Å². The van der Waals surface area contributed by atoms with Crippen molar-refractivity contribution in [3.05, 3.63) is 35.9 Å². The molecule has 0 aliphatic carbocycles. The molecule has 1 aromatic carbocycles. The molecule has 0 saturated carbocycles. The Kier molecular flexibility index (Phi) is 7.99. The molecule has 0 aliphatic rings. The van der Waals surface area contributed by atoms with Crippen LogP contribution < -0.4 is 11.1 Å². The Labute approximate surface area is 131 Å². The summed E-state index contributed by atoms with van der Waals surface area (Å²) in [6.07, 6.45) is 0. The normalized spacial score (nSPS) is 14.3. The number of hydrogen-bond acceptors (Lipinski definition) is 4. The first-order chi connectivity index (χ1) is 9.39. The zero-order valence-electron chi connectivity index (χ0n) is 12.6. The molecule has 1 aromatic rings. The standard InChI is InChI=1S/C15H22N2O3.ClH/c1-4-20-13(18)11(2)10-17-14(19)15(3,16)12-8-6-5-7-9-12;/h5-9,11H,4,10,16H2,1-3H3,(H,17,19);1H. The van der Waals surface area contributed by atoms with Crippen LogP contribution in [0.5, 0.6) is 0 Å². The maximum atomic E-state index is 12.2. The summed E-state index contributed by atoms with van der Waals surface area (Å²) in [5.74, 6) is -1.04. The Morgan fingerprint density at radius 3 is 2.43 bits per heavy atom. The summed E-state index contributed by atoms with van der Waals surface area (Å²) in [4.78, 5) is 23.6. The minimum absolute atomic E-state index is 0. The van der Waals surface area contributed by atoms with Gasteiger partial charge in [-0.2, -0.15) is 0 Å². The molecular weight excluding hydrogens is 292 g/mol. The van der Waals surface area contributed by atoms with E-state index in [4.69, 9.17) is 10.5 Å². The Morgan fingerprint density at radius 1 is 1.33 bits per heavy atom. The highest BCUT2D eigenvalue weighted by Gasteiger charge is 2.30. The van der Waals surface area contributed by atoms with Gasteiger partial charge in [0.05, 0.1) is 12.5 Å². The molecule has 1 amide bonds. The van der Waals surface area contributed by atoms with E-state index in [9.17, 15) is 9.59 Å². The van der Waals surface area contributed by atoms with E-state index in [-0.39, 0.29) is 30.8 Å². The Bertz CT molecular complexity index is 463. The van der Waals surface area contributed by atoms with Gasteiger partial charge in [0.2, 0.25) is 5.91 Å². The van der Waals surface area contributed by atoms with Crippen LogP contribution in [0.2, 0.25) is 0 Å². The summed E-state index contributed by atoms with van der Waals surface area (Å²) in [7, 11) is 0. The predicted molar refractivity (Wildman–Crippen MR) is 84.0 cm³/mol. The summed E-state index contributed by atoms with van der Waals surface area (Å²) < 4.78 is 4.88. The average Bonchev–Trinajstić information content (AvgIpc) is 2.45. The van der Waals surface area contributed by atoms with Gasteiger partial charge >= 0.3 is 5.97 Å². The second-order valence-corrected chi connectivity index (χ2v) is 4.93. The maximum absolute atomic E-state index is 12.2. The number of rotatable bonds is 6. The minimum Gasteiger partial charge on any atom is -0.466 e. The van der Waals surface area contributed by atoms with Gasteiger partial charge in [-0.3, -0.25) is 9.59 Å². The highest BCUT2D eigenvalue weighted by molar-refractivity contribution is 5.87. The molecule has 0 bridgehead atoms. The van der Waals surface area contributed by atoms with Gasteiger partial charge in [-0.1, -0.05) is 37.3 Å². The molecule has 0 saturated heterocycles. The zero-order chi connectivity index (χ0) is 15.2. The van der Waals surface area contributed by atoms with Crippen LogP contribution in [0.3, 0.4) is 0 Å². The minimum atomic E-state index is -1.13. The van der Waals surface area contributed by atoms with Gasteiger partial charge in [0, 0.05) is 6.54 Å². The lowest BCUT2D eigenvalue weighted by Crippen LogP contribution is -2.50. The number of nitrogens with two attached hydrogens (primary N) is 1. The van der Waals surface area contributed by atoms with Crippen LogP contribution in [0, 0.1) is 5.92 Å². The van der Waals surface area contributed by atoms with Crippen LogP contribution >= 0.6 is 12.4 Å². The van der Waals surface area contributed by atoms with Crippen LogP contribution in [0.15, 0.2) is 30.3 Å². The van der Waals surface area contributed by atoms with Gasteiger partial charge in [-0.15, -0.1) is 12.4 Å². The molecule has 118 valence electrons. The fourth-order valence-corrected chi connectivity index (χ4v) is 1.71. The van der Waals surface area contributed by atoms with Gasteiger partial charge in [0.15, 0.2) is 0 Å². The molecule has 0 fully saturated rings. The predicted octanol–water partition coefficient (Wildman–Crippen LogP) is 1.60. The van der Waals surface area contributed by atoms with E-state index >= 15 is 0 Å². The number of nitrogens with one attached hydrogen (secondary N) is 1. The third-order valence-corrected chi connectivity index (χ3v) is 3.10. The molecule has 0 spiro atoms. The number of ether oxygens (including phenoxy) is 1. The molecule has 0 radical (unpaired) electrons. The van der Waals surface area contributed by atoms with Crippen LogP contribution in [0.4, 0.5) is 0 Å². The van der Waals surface area contributed by atoms with E-state index in [1.165, 1.54) is 0 Å². The third kappa shape index (κ3) is 5.36. The van der Waals surface area contributed by atoms with Gasteiger partial charge in [0.1, 0.15) is 5.54 Å². The summed E-state index contributed by atoms with van der Waals surface area (Å²) in [5, 5.41) is 2.70. The van der Waals surface area contributed by atoms with Gasteiger partial charge < -0.3 is 15.8 Å². The summed E-state index contributed by atoms with van der Waals surface area (Å²) in [5.41, 5.74) is 5.67. The summed E-state index contributed by atoms with van der Waals surface area (Å²) in [6, 6.07) is 9.12. The molecular formula is C15H23ClN2O3. The molecule has 1 rings (SSSR count). The van der Waals surface area contributed by atoms with Gasteiger partial charge in [-0.05, 0) is 19.4 Å². The largest absolute Gasteiger partial charge is 0.466 e. The van der Waals surface area contributed by atoms with Crippen molar-refractivity contribution >= 4 is 24.3 Å². The fraction of sp³-hybridized carbons (Fsp3) is 0.467. The third-order valence-electron chi connectivity index (χ3n) is 3.10. The second kappa shape index (κ2) is 8.64. The number of carbonyl (C=O) groups excluding carboxylic acids is 2. The fourth-order valence-electron chi connectivity index (χ4n) is 1.71. The maximum Gasteiger partial charge on any atom is 0.310 e. The molecule has 3 N–H and O–H groups in total. The summed E-state index contributed by atoms with van der Waals surface area (Å²) >= 11 is 0. The van der Waals surface area contributed by atoms with Crippen molar-refractivity contribution in [2.75, 3.05) is 13.2 Å². The van der Waals surface area contributed by atoms with E-state index in [1.807, 2.05) is 18.2 Å². The molecule has 2 unspecified atom stereocenters. The van der Waals surface area contributed by atoms with Crippen molar-refractivity contribution in [3.8, 4) is 0 Å². The lowest BCUT2D eigenvalue weighted by molar-refractivity contribution is -0.147. The highest BCUT2D eigenvalue weighted by Crippen LogP contribution is 2.17. The van der Waals surface area contributed by atoms with Crippen LogP contribution in [0.1, 0.15) is 26.3 Å². The van der Waals surface area contributed by atoms with E-state index in [1.54, 1.807) is 32.9 Å². The van der Waals surface area contributed by atoms with Crippen molar-refractivity contribution in [2.24, 2.45) is 11.7 Å². The van der Waals surface area contributed by atoms with Gasteiger partial charge in [-0.25, -0.2) is 0 Å². The van der Waals surface area contributed by atoms with Crippen LogP contribution in [-0.4, -0.2) is 25.0 Å². The number of amides is 1. The molecule has 5 nitrogen and oxygen atoms in total. The Morgan fingerprint density at radius 2 is 1.90 bits per heavy atom. The van der Waals surface area contributed by atoms with E-state index in [0.717, 1.165) is 5.56 Å². The molecule has 2 atom stereocenters. The number of halogens is 1. The number of benzene rings is 1. The average molecular weight is 315 g/mol. The van der Waals surface area contributed by atoms with Crippen molar-refractivity contribution in [2.45, 2.75) is 26.3 Å². The van der Waals surface area contributed by atoms with E-state index < -0.39 is 11.5 Å². The molecule has 0 aromatic heterocycles. The van der Waals surface area contributed by atoms with E-state index in [0.29, 0.717) is 6.61 Å². The monoisotopic (exact) mass is 314 g/mol. The molecule has 0 aliphatic heterocycles. The topological polar surface area (TPSA) is 81.4 Å². The first-order valence-electron chi connectivity index (χ1n) is 6.69. The Balaban J connectivity index is 0.00000400. The SMILES string of the molecule is CCOC(=O)C(C)CNC(=O)C(C)(N)c1ccccc1.Cl. The lowest BCUT2D eigenvalue weighted by Gasteiger charge is -2.24. The number of esters is 1. The quantitative estimate of drug-likeness (QED) is 0.781. The van der Waals surface area contributed by atoms with Crippen molar-refractivity contribution in [3.63, 3.8) is 0 Å². The first kappa shape index (κ1) is 19.4.